The van der Waals surface area contributed by atoms with Gasteiger partial charge in [0, 0.05) is 0 Å². The Morgan fingerprint density at radius 1 is 1.00 bits per heavy atom. The Hall–Kier alpha value is -0.260. The summed E-state index contributed by atoms with van der Waals surface area (Å²) in [6.07, 6.45) is 4.18. The average molecular weight is 206 g/mol. The van der Waals surface area contributed by atoms with Crippen LogP contribution in [0, 0.1) is 22.7 Å². The predicted molar refractivity (Wildman–Crippen MR) is 66.8 cm³/mol. The lowest BCUT2D eigenvalue weighted by Gasteiger charge is -2.35. The van der Waals surface area contributed by atoms with Crippen molar-refractivity contribution in [1.29, 1.82) is 0 Å². The van der Waals surface area contributed by atoms with E-state index < -0.39 is 0 Å². The van der Waals surface area contributed by atoms with E-state index in [1.165, 1.54) is 19.3 Å². The van der Waals surface area contributed by atoms with Crippen LogP contribution in [0.4, 0.5) is 0 Å². The molecule has 2 aliphatic rings. The second kappa shape index (κ2) is 3.12. The first-order valence-electron chi connectivity index (χ1n) is 6.53. The number of hydrogen-bond acceptors (Lipinski definition) is 0. The summed E-state index contributed by atoms with van der Waals surface area (Å²) in [5.74, 6) is 1.61. The van der Waals surface area contributed by atoms with Crippen LogP contribution >= 0.6 is 0 Å². The zero-order chi connectivity index (χ0) is 11.4. The van der Waals surface area contributed by atoms with Crippen molar-refractivity contribution in [1.82, 2.24) is 0 Å². The molecule has 0 aliphatic heterocycles. The second-order valence-corrected chi connectivity index (χ2v) is 6.85. The van der Waals surface area contributed by atoms with Gasteiger partial charge in [0.2, 0.25) is 0 Å². The van der Waals surface area contributed by atoms with Crippen LogP contribution in [0.3, 0.4) is 0 Å². The van der Waals surface area contributed by atoms with Gasteiger partial charge in [-0.1, -0.05) is 52.7 Å². The van der Waals surface area contributed by atoms with Crippen molar-refractivity contribution in [3.8, 4) is 0 Å². The van der Waals surface area contributed by atoms with Crippen molar-refractivity contribution in [3.63, 3.8) is 0 Å². The molecular weight excluding hydrogens is 180 g/mol. The van der Waals surface area contributed by atoms with E-state index in [0.29, 0.717) is 10.8 Å². The monoisotopic (exact) mass is 206 g/mol. The Kier molecular flexibility index (Phi) is 2.34. The van der Waals surface area contributed by atoms with Gasteiger partial charge in [0.15, 0.2) is 0 Å². The maximum absolute atomic E-state index is 2.46. The first-order chi connectivity index (χ1) is 6.79. The van der Waals surface area contributed by atoms with Crippen molar-refractivity contribution in [2.45, 2.75) is 60.8 Å². The molecule has 0 saturated heterocycles. The minimum absolute atomic E-state index is 0.429. The molecule has 0 heterocycles. The highest BCUT2D eigenvalue weighted by Crippen LogP contribution is 2.61. The molecular formula is C15H26. The summed E-state index contributed by atoms with van der Waals surface area (Å²) in [6.45, 7) is 14.7. The van der Waals surface area contributed by atoms with Crippen molar-refractivity contribution in [2.24, 2.45) is 22.7 Å². The molecule has 0 spiro atoms. The fourth-order valence-corrected chi connectivity index (χ4v) is 4.25. The van der Waals surface area contributed by atoms with Crippen molar-refractivity contribution < 1.29 is 0 Å². The third kappa shape index (κ3) is 1.33. The summed E-state index contributed by atoms with van der Waals surface area (Å²) in [5.41, 5.74) is 4.48. The maximum atomic E-state index is 2.46. The fourth-order valence-electron chi connectivity index (χ4n) is 4.25. The Bertz CT molecular complexity index is 304. The van der Waals surface area contributed by atoms with E-state index >= 15 is 0 Å². The maximum Gasteiger partial charge on any atom is -0.0105 e. The van der Waals surface area contributed by atoms with Gasteiger partial charge in [0.05, 0.1) is 0 Å². The molecule has 0 saturated carbocycles. The van der Waals surface area contributed by atoms with Gasteiger partial charge in [-0.15, -0.1) is 0 Å². The molecule has 2 aliphatic carbocycles. The van der Waals surface area contributed by atoms with Gasteiger partial charge >= 0.3 is 0 Å². The van der Waals surface area contributed by atoms with Gasteiger partial charge < -0.3 is 0 Å². The molecule has 0 fully saturated rings. The summed E-state index contributed by atoms with van der Waals surface area (Å²) in [5, 5.41) is 0. The van der Waals surface area contributed by atoms with Crippen molar-refractivity contribution in [3.05, 3.63) is 11.1 Å². The normalized spacial score (nSPS) is 38.0. The first kappa shape index (κ1) is 11.2. The molecule has 0 N–H and O–H groups in total. The predicted octanol–water partition coefficient (Wildman–Crippen LogP) is 4.81. The van der Waals surface area contributed by atoms with E-state index in [2.05, 4.69) is 41.5 Å². The van der Waals surface area contributed by atoms with E-state index in [-0.39, 0.29) is 0 Å². The number of allylic oxidation sites excluding steroid dienone is 2. The van der Waals surface area contributed by atoms with E-state index in [9.17, 15) is 0 Å². The van der Waals surface area contributed by atoms with E-state index in [4.69, 9.17) is 0 Å². The Morgan fingerprint density at radius 2 is 1.60 bits per heavy atom. The highest BCUT2D eigenvalue weighted by atomic mass is 14.6. The van der Waals surface area contributed by atoms with Crippen LogP contribution in [-0.4, -0.2) is 0 Å². The zero-order valence-electron chi connectivity index (χ0n) is 11.3. The molecule has 0 aromatic rings. The fraction of sp³-hybridized carbons (Fsp3) is 0.867. The van der Waals surface area contributed by atoms with E-state index in [0.717, 1.165) is 11.8 Å². The second-order valence-electron chi connectivity index (χ2n) is 6.85. The van der Waals surface area contributed by atoms with Crippen LogP contribution in [0.25, 0.3) is 0 Å². The third-order valence-corrected chi connectivity index (χ3v) is 5.52. The topological polar surface area (TPSA) is 0 Å². The van der Waals surface area contributed by atoms with E-state index in [1.807, 2.05) is 5.57 Å². The number of hydrogen-bond donors (Lipinski definition) is 0. The van der Waals surface area contributed by atoms with Crippen LogP contribution in [-0.2, 0) is 0 Å². The SMILES string of the molecule is CC1CCCC2=C1C(C)(C)C(C)C2(C)C. The lowest BCUT2D eigenvalue weighted by Crippen LogP contribution is -2.28. The number of rotatable bonds is 0. The molecule has 0 amide bonds. The molecule has 0 radical (unpaired) electrons. The first-order valence-corrected chi connectivity index (χ1v) is 6.53. The smallest absolute Gasteiger partial charge is 0.0105 e. The lowest BCUT2D eigenvalue weighted by atomic mass is 9.69. The van der Waals surface area contributed by atoms with Crippen LogP contribution in [0.5, 0.6) is 0 Å². The zero-order valence-corrected chi connectivity index (χ0v) is 11.3. The van der Waals surface area contributed by atoms with Gasteiger partial charge in [-0.3, -0.25) is 0 Å². The van der Waals surface area contributed by atoms with E-state index in [1.54, 1.807) is 5.57 Å². The Labute approximate surface area is 95.1 Å². The third-order valence-electron chi connectivity index (χ3n) is 5.52. The lowest BCUT2D eigenvalue weighted by molar-refractivity contribution is 0.184. The molecule has 2 atom stereocenters. The molecule has 0 nitrogen and oxygen atoms in total. The molecule has 0 bridgehead atoms. The van der Waals surface area contributed by atoms with Gasteiger partial charge in [-0.2, -0.15) is 0 Å². The summed E-state index contributed by atoms with van der Waals surface area (Å²) < 4.78 is 0. The molecule has 2 unspecified atom stereocenters. The molecule has 0 heteroatoms. The Morgan fingerprint density at radius 3 is 2.13 bits per heavy atom. The van der Waals surface area contributed by atoms with Gasteiger partial charge in [0.1, 0.15) is 0 Å². The highest BCUT2D eigenvalue weighted by Gasteiger charge is 2.51. The standard InChI is InChI=1S/C15H26/c1-10-8-7-9-12-13(10)15(5,6)11(2)14(12,3)4/h10-11H,7-9H2,1-6H3. The van der Waals surface area contributed by atoms with Gasteiger partial charge in [-0.25, -0.2) is 0 Å². The largest absolute Gasteiger partial charge is 0.0642 e. The average Bonchev–Trinajstić information content (AvgIpc) is 2.27. The minimum atomic E-state index is 0.429. The van der Waals surface area contributed by atoms with Gasteiger partial charge in [-0.05, 0) is 41.9 Å². The van der Waals surface area contributed by atoms with Crippen molar-refractivity contribution >= 4 is 0 Å². The van der Waals surface area contributed by atoms with Crippen molar-refractivity contribution in [2.75, 3.05) is 0 Å². The Balaban J connectivity index is 2.55. The minimum Gasteiger partial charge on any atom is -0.0642 e. The summed E-state index contributed by atoms with van der Waals surface area (Å²) in [4.78, 5) is 0. The summed E-state index contributed by atoms with van der Waals surface area (Å²) in [6, 6.07) is 0. The molecule has 0 aromatic heterocycles. The molecule has 0 aromatic carbocycles. The van der Waals surface area contributed by atoms with Crippen LogP contribution in [0.2, 0.25) is 0 Å². The molecule has 15 heavy (non-hydrogen) atoms. The van der Waals surface area contributed by atoms with Crippen LogP contribution < -0.4 is 0 Å². The highest BCUT2D eigenvalue weighted by molar-refractivity contribution is 5.37. The molecule has 2 rings (SSSR count). The van der Waals surface area contributed by atoms with Crippen LogP contribution in [0.1, 0.15) is 60.8 Å². The summed E-state index contributed by atoms with van der Waals surface area (Å²) >= 11 is 0. The van der Waals surface area contributed by atoms with Gasteiger partial charge in [0.25, 0.3) is 0 Å². The molecule has 86 valence electrons. The van der Waals surface area contributed by atoms with Crippen LogP contribution in [0.15, 0.2) is 11.1 Å². The quantitative estimate of drug-likeness (QED) is 0.499. The summed E-state index contributed by atoms with van der Waals surface area (Å²) in [7, 11) is 0.